The molecule has 1 fully saturated rings. The summed E-state index contributed by atoms with van der Waals surface area (Å²) in [7, 11) is 1.81. The molecule has 1 aliphatic heterocycles. The van der Waals surface area contributed by atoms with E-state index in [4.69, 9.17) is 0 Å². The molecule has 4 nitrogen and oxygen atoms in total. The number of piperidine rings is 1. The first-order chi connectivity index (χ1) is 7.68. The minimum absolute atomic E-state index is 0.105. The molecule has 1 aromatic rings. The van der Waals surface area contributed by atoms with Crippen LogP contribution in [0.2, 0.25) is 0 Å². The van der Waals surface area contributed by atoms with Gasteiger partial charge in [0.1, 0.15) is 0 Å². The minimum atomic E-state index is 0.105. The number of aromatic nitrogens is 2. The second-order valence-electron chi connectivity index (χ2n) is 4.75. The average Bonchev–Trinajstić information content (AvgIpc) is 2.53. The smallest absolute Gasteiger partial charge is 0.314 e. The molecule has 0 spiro atoms. The van der Waals surface area contributed by atoms with Crippen LogP contribution in [0.4, 0.5) is 0 Å². The van der Waals surface area contributed by atoms with E-state index in [2.05, 4.69) is 5.32 Å². The summed E-state index contributed by atoms with van der Waals surface area (Å²) in [6.45, 7) is 3.96. The molecule has 1 N–H and O–H groups in total. The second kappa shape index (κ2) is 4.87. The van der Waals surface area contributed by atoms with Gasteiger partial charge in [-0.15, -0.1) is 0 Å². The summed E-state index contributed by atoms with van der Waals surface area (Å²) < 4.78 is 3.53. The maximum absolute atomic E-state index is 11.8. The number of rotatable bonds is 3. The number of nitrogens with one attached hydrogen (secondary N) is 1. The molecule has 0 aromatic carbocycles. The van der Waals surface area contributed by atoms with Crippen LogP contribution in [0.15, 0.2) is 11.0 Å². The lowest BCUT2D eigenvalue weighted by Gasteiger charge is -2.23. The Morgan fingerprint density at radius 3 is 2.88 bits per heavy atom. The molecule has 90 valence electrons. The summed E-state index contributed by atoms with van der Waals surface area (Å²) >= 11 is 0. The van der Waals surface area contributed by atoms with E-state index < -0.39 is 0 Å². The Kier molecular flexibility index (Phi) is 3.49. The van der Waals surface area contributed by atoms with Crippen LogP contribution < -0.4 is 11.0 Å². The molecule has 2 rings (SSSR count). The molecule has 16 heavy (non-hydrogen) atoms. The summed E-state index contributed by atoms with van der Waals surface area (Å²) in [5.74, 6) is 0. The van der Waals surface area contributed by atoms with Gasteiger partial charge in [-0.05, 0) is 32.7 Å². The Labute approximate surface area is 96.3 Å². The van der Waals surface area contributed by atoms with Gasteiger partial charge in [0.25, 0.3) is 0 Å². The summed E-state index contributed by atoms with van der Waals surface area (Å²) in [5, 5.41) is 3.51. The highest BCUT2D eigenvalue weighted by Gasteiger charge is 2.13. The molecular weight excluding hydrogens is 202 g/mol. The zero-order chi connectivity index (χ0) is 11.5. The summed E-state index contributed by atoms with van der Waals surface area (Å²) in [6, 6.07) is 0.597. The molecule has 2 heterocycles. The van der Waals surface area contributed by atoms with Crippen LogP contribution >= 0.6 is 0 Å². The molecular formula is C12H21N3O. The van der Waals surface area contributed by atoms with Crippen molar-refractivity contribution in [1.82, 2.24) is 14.5 Å². The quantitative estimate of drug-likeness (QED) is 0.831. The Bertz CT molecular complexity index is 399. The zero-order valence-electron chi connectivity index (χ0n) is 10.2. The number of hydrogen-bond acceptors (Lipinski definition) is 2. The molecule has 0 saturated carbocycles. The highest BCUT2D eigenvalue weighted by Crippen LogP contribution is 2.11. The van der Waals surface area contributed by atoms with Gasteiger partial charge in [-0.1, -0.05) is 6.42 Å². The van der Waals surface area contributed by atoms with Gasteiger partial charge in [0.05, 0.1) is 0 Å². The largest absolute Gasteiger partial charge is 0.328 e. The highest BCUT2D eigenvalue weighted by atomic mass is 16.1. The molecule has 0 bridgehead atoms. The fraction of sp³-hybridized carbons (Fsp3) is 0.750. The van der Waals surface area contributed by atoms with E-state index in [0.29, 0.717) is 6.04 Å². The first kappa shape index (κ1) is 11.5. The summed E-state index contributed by atoms with van der Waals surface area (Å²) in [5.41, 5.74) is 1.16. The minimum Gasteiger partial charge on any atom is -0.314 e. The molecule has 0 aliphatic carbocycles. The number of aryl methyl sites for hydroxylation is 2. The fourth-order valence-electron chi connectivity index (χ4n) is 2.47. The van der Waals surface area contributed by atoms with Crippen LogP contribution in [0.1, 0.15) is 31.4 Å². The van der Waals surface area contributed by atoms with Crippen molar-refractivity contribution in [3.05, 3.63) is 22.4 Å². The normalized spacial score (nSPS) is 21.2. The Morgan fingerprint density at radius 1 is 1.50 bits per heavy atom. The first-order valence-electron chi connectivity index (χ1n) is 6.14. The number of nitrogens with zero attached hydrogens (tertiary/aromatic N) is 2. The van der Waals surface area contributed by atoms with Gasteiger partial charge in [-0.2, -0.15) is 0 Å². The van der Waals surface area contributed by atoms with E-state index >= 15 is 0 Å². The molecule has 0 radical (unpaired) electrons. The maximum atomic E-state index is 11.8. The summed E-state index contributed by atoms with van der Waals surface area (Å²) in [4.78, 5) is 11.8. The lowest BCUT2D eigenvalue weighted by atomic mass is 10.0. The lowest BCUT2D eigenvalue weighted by molar-refractivity contribution is 0.363. The van der Waals surface area contributed by atoms with E-state index in [9.17, 15) is 4.79 Å². The van der Waals surface area contributed by atoms with E-state index in [1.807, 2.05) is 24.7 Å². The van der Waals surface area contributed by atoms with Crippen LogP contribution in [0.3, 0.4) is 0 Å². The van der Waals surface area contributed by atoms with Gasteiger partial charge in [-0.25, -0.2) is 4.79 Å². The van der Waals surface area contributed by atoms with Crippen molar-refractivity contribution in [3.8, 4) is 0 Å². The molecule has 1 unspecified atom stereocenters. The third-order valence-corrected chi connectivity index (χ3v) is 3.45. The van der Waals surface area contributed by atoms with Crippen molar-refractivity contribution in [2.45, 2.75) is 45.2 Å². The maximum Gasteiger partial charge on any atom is 0.328 e. The van der Waals surface area contributed by atoms with E-state index in [1.54, 1.807) is 4.57 Å². The topological polar surface area (TPSA) is 39.0 Å². The lowest BCUT2D eigenvalue weighted by Crippen LogP contribution is -2.35. The van der Waals surface area contributed by atoms with Crippen LogP contribution in [0.25, 0.3) is 0 Å². The molecule has 1 atom stereocenters. The Balaban J connectivity index is 1.96. The molecule has 1 saturated heterocycles. The monoisotopic (exact) mass is 223 g/mol. The van der Waals surface area contributed by atoms with Crippen molar-refractivity contribution in [2.75, 3.05) is 6.54 Å². The van der Waals surface area contributed by atoms with Crippen molar-refractivity contribution in [3.63, 3.8) is 0 Å². The zero-order valence-corrected chi connectivity index (χ0v) is 10.2. The summed E-state index contributed by atoms with van der Waals surface area (Å²) in [6.07, 6.45) is 6.82. The second-order valence-corrected chi connectivity index (χ2v) is 4.75. The van der Waals surface area contributed by atoms with Crippen LogP contribution in [0.5, 0.6) is 0 Å². The van der Waals surface area contributed by atoms with Gasteiger partial charge < -0.3 is 9.88 Å². The SMILES string of the molecule is Cc1cn(C)c(=O)n1CCC1CCCCN1. The Morgan fingerprint density at radius 2 is 2.31 bits per heavy atom. The van der Waals surface area contributed by atoms with Crippen molar-refractivity contribution in [1.29, 1.82) is 0 Å². The van der Waals surface area contributed by atoms with Gasteiger partial charge in [-0.3, -0.25) is 4.57 Å². The van der Waals surface area contributed by atoms with Crippen molar-refractivity contribution >= 4 is 0 Å². The molecule has 0 amide bonds. The van der Waals surface area contributed by atoms with E-state index in [-0.39, 0.29) is 5.69 Å². The predicted octanol–water partition coefficient (Wildman–Crippen LogP) is 1.03. The molecule has 4 heteroatoms. The fourth-order valence-corrected chi connectivity index (χ4v) is 2.47. The number of imidazole rings is 1. The van der Waals surface area contributed by atoms with Crippen LogP contribution in [-0.4, -0.2) is 21.7 Å². The first-order valence-corrected chi connectivity index (χ1v) is 6.14. The van der Waals surface area contributed by atoms with Gasteiger partial charge in [0.2, 0.25) is 0 Å². The van der Waals surface area contributed by atoms with Crippen LogP contribution in [0, 0.1) is 6.92 Å². The third-order valence-electron chi connectivity index (χ3n) is 3.45. The average molecular weight is 223 g/mol. The number of hydrogen-bond donors (Lipinski definition) is 1. The highest BCUT2D eigenvalue weighted by molar-refractivity contribution is 4.97. The predicted molar refractivity (Wildman–Crippen MR) is 64.7 cm³/mol. The van der Waals surface area contributed by atoms with Crippen molar-refractivity contribution in [2.24, 2.45) is 7.05 Å². The molecule has 1 aromatic heterocycles. The van der Waals surface area contributed by atoms with Crippen molar-refractivity contribution < 1.29 is 0 Å². The third kappa shape index (κ3) is 2.38. The van der Waals surface area contributed by atoms with Crippen LogP contribution in [-0.2, 0) is 13.6 Å². The molecule has 1 aliphatic rings. The van der Waals surface area contributed by atoms with E-state index in [1.165, 1.54) is 19.3 Å². The van der Waals surface area contributed by atoms with Gasteiger partial charge >= 0.3 is 5.69 Å². The standard InChI is InChI=1S/C12H21N3O/c1-10-9-14(2)12(16)15(10)8-6-11-5-3-4-7-13-11/h9,11,13H,3-8H2,1-2H3. The van der Waals surface area contributed by atoms with E-state index in [0.717, 1.165) is 25.2 Å². The van der Waals surface area contributed by atoms with Gasteiger partial charge in [0.15, 0.2) is 0 Å². The Hall–Kier alpha value is -1.03. The van der Waals surface area contributed by atoms with Gasteiger partial charge in [0, 0.05) is 31.5 Å².